The Hall–Kier alpha value is -2.72. The van der Waals surface area contributed by atoms with Crippen LogP contribution in [0, 0.1) is 6.92 Å². The van der Waals surface area contributed by atoms with Crippen LogP contribution in [0.4, 0.5) is 5.69 Å². The number of amides is 1. The Labute approximate surface area is 138 Å². The fourth-order valence-corrected chi connectivity index (χ4v) is 3.65. The Kier molecular flexibility index (Phi) is 3.32. The summed E-state index contributed by atoms with van der Waals surface area (Å²) < 4.78 is 0. The summed E-state index contributed by atoms with van der Waals surface area (Å²) in [6.45, 7) is 2.07. The monoisotopic (exact) mass is 318 g/mol. The lowest BCUT2D eigenvalue weighted by atomic mass is 9.95. The van der Waals surface area contributed by atoms with Gasteiger partial charge in [-0.05, 0) is 54.5 Å². The Morgan fingerprint density at radius 2 is 1.91 bits per heavy atom. The molecule has 1 aromatic carbocycles. The highest BCUT2D eigenvalue weighted by atomic mass is 32.1. The van der Waals surface area contributed by atoms with E-state index in [2.05, 4.69) is 23.3 Å². The first-order valence-electron chi connectivity index (χ1n) is 7.35. The number of nitrogens with zero attached hydrogens (tertiary/aromatic N) is 1. The van der Waals surface area contributed by atoms with Crippen molar-refractivity contribution in [3.63, 3.8) is 0 Å². The predicted octanol–water partition coefficient (Wildman–Crippen LogP) is 4.61. The lowest BCUT2D eigenvalue weighted by Crippen LogP contribution is -2.03. The summed E-state index contributed by atoms with van der Waals surface area (Å²) in [6, 6.07) is 14.0. The van der Waals surface area contributed by atoms with E-state index in [4.69, 9.17) is 0 Å². The lowest BCUT2D eigenvalue weighted by molar-refractivity contribution is -0.110. The van der Waals surface area contributed by atoms with Gasteiger partial charge in [0.05, 0.1) is 5.57 Å². The Morgan fingerprint density at radius 1 is 1.09 bits per heavy atom. The number of aromatic nitrogens is 1. The summed E-state index contributed by atoms with van der Waals surface area (Å²) in [4.78, 5) is 18.8. The first kappa shape index (κ1) is 13.9. The van der Waals surface area contributed by atoms with Gasteiger partial charge in [0.1, 0.15) is 0 Å². The van der Waals surface area contributed by atoms with Crippen LogP contribution in [-0.2, 0) is 4.79 Å². The van der Waals surface area contributed by atoms with Crippen LogP contribution in [0.3, 0.4) is 0 Å². The fourth-order valence-electron chi connectivity index (χ4n) is 2.83. The lowest BCUT2D eigenvalue weighted by Gasteiger charge is -2.08. The molecule has 0 spiro atoms. The van der Waals surface area contributed by atoms with Gasteiger partial charge in [-0.1, -0.05) is 12.1 Å². The molecule has 0 saturated carbocycles. The van der Waals surface area contributed by atoms with Gasteiger partial charge in [-0.15, -0.1) is 11.3 Å². The molecule has 112 valence electrons. The molecule has 1 amide bonds. The molecule has 0 saturated heterocycles. The van der Waals surface area contributed by atoms with Crippen molar-refractivity contribution in [2.75, 3.05) is 5.32 Å². The molecule has 0 aliphatic carbocycles. The van der Waals surface area contributed by atoms with E-state index in [1.165, 1.54) is 4.88 Å². The van der Waals surface area contributed by atoms with Gasteiger partial charge in [0, 0.05) is 33.4 Å². The molecule has 1 aliphatic heterocycles. The van der Waals surface area contributed by atoms with E-state index in [0.29, 0.717) is 5.57 Å². The molecule has 0 bridgehead atoms. The number of benzene rings is 1. The van der Waals surface area contributed by atoms with Crippen LogP contribution in [-0.4, -0.2) is 10.9 Å². The molecule has 3 heterocycles. The van der Waals surface area contributed by atoms with Crippen molar-refractivity contribution in [2.45, 2.75) is 6.92 Å². The topological polar surface area (TPSA) is 42.0 Å². The predicted molar refractivity (Wildman–Crippen MR) is 95.2 cm³/mol. The quantitative estimate of drug-likeness (QED) is 0.701. The summed E-state index contributed by atoms with van der Waals surface area (Å²) in [5.74, 6) is -0.0486. The van der Waals surface area contributed by atoms with E-state index in [1.54, 1.807) is 23.7 Å². The minimum absolute atomic E-state index is 0.0486. The Morgan fingerprint density at radius 3 is 2.65 bits per heavy atom. The Balaban J connectivity index is 1.91. The molecule has 3 aromatic rings. The average Bonchev–Trinajstić information content (AvgIpc) is 3.12. The zero-order valence-electron chi connectivity index (χ0n) is 12.5. The zero-order chi connectivity index (χ0) is 15.8. The number of fused-ring (bicyclic) bond motifs is 1. The third-order valence-corrected chi connectivity index (χ3v) is 4.81. The van der Waals surface area contributed by atoms with Gasteiger partial charge < -0.3 is 5.32 Å². The highest BCUT2D eigenvalue weighted by molar-refractivity contribution is 7.12. The minimum atomic E-state index is -0.0486. The van der Waals surface area contributed by atoms with Crippen molar-refractivity contribution in [1.82, 2.24) is 4.98 Å². The van der Waals surface area contributed by atoms with Crippen molar-refractivity contribution in [3.05, 3.63) is 70.2 Å². The van der Waals surface area contributed by atoms with Crippen LogP contribution in [0.25, 0.3) is 22.8 Å². The van der Waals surface area contributed by atoms with Crippen LogP contribution < -0.4 is 5.32 Å². The molecular weight excluding hydrogens is 304 g/mol. The van der Waals surface area contributed by atoms with Crippen molar-refractivity contribution in [1.29, 1.82) is 0 Å². The van der Waals surface area contributed by atoms with Crippen LogP contribution in [0.1, 0.15) is 15.3 Å². The molecule has 0 radical (unpaired) electrons. The summed E-state index contributed by atoms with van der Waals surface area (Å²) in [5.41, 5.74) is 4.65. The summed E-state index contributed by atoms with van der Waals surface area (Å²) in [5, 5.41) is 2.97. The number of hydrogen-bond donors (Lipinski definition) is 1. The third kappa shape index (κ3) is 2.47. The fraction of sp³-hybridized carbons (Fsp3) is 0.0526. The number of nitrogens with one attached hydrogen (secondary N) is 1. The summed E-state index contributed by atoms with van der Waals surface area (Å²) in [7, 11) is 0. The Bertz CT molecular complexity index is 926. The highest BCUT2D eigenvalue weighted by Gasteiger charge is 2.27. The first-order chi connectivity index (χ1) is 11.2. The number of hydrogen-bond acceptors (Lipinski definition) is 3. The van der Waals surface area contributed by atoms with E-state index in [0.717, 1.165) is 27.3 Å². The zero-order valence-corrected chi connectivity index (χ0v) is 13.4. The van der Waals surface area contributed by atoms with Crippen LogP contribution in [0.5, 0.6) is 0 Å². The van der Waals surface area contributed by atoms with Crippen LogP contribution >= 0.6 is 11.3 Å². The van der Waals surface area contributed by atoms with Gasteiger partial charge in [0.15, 0.2) is 0 Å². The van der Waals surface area contributed by atoms with E-state index >= 15 is 0 Å². The maximum atomic E-state index is 12.4. The molecule has 1 aliphatic rings. The minimum Gasteiger partial charge on any atom is -0.321 e. The molecule has 0 unspecified atom stereocenters. The molecule has 0 atom stereocenters. The number of thiophene rings is 1. The number of carbonyl (C=O) groups is 1. The smallest absolute Gasteiger partial charge is 0.256 e. The van der Waals surface area contributed by atoms with Crippen molar-refractivity contribution in [3.8, 4) is 11.1 Å². The SMILES string of the molecule is Cc1ccc(/C=C2\C(=O)Nc3cccc(-c4ccncc4)c32)s1. The molecule has 4 rings (SSSR count). The molecule has 0 fully saturated rings. The van der Waals surface area contributed by atoms with Gasteiger partial charge in [-0.25, -0.2) is 0 Å². The second-order valence-corrected chi connectivity index (χ2v) is 6.74. The van der Waals surface area contributed by atoms with Crippen molar-refractivity contribution >= 4 is 34.6 Å². The molecule has 3 nitrogen and oxygen atoms in total. The van der Waals surface area contributed by atoms with Gasteiger partial charge in [0.2, 0.25) is 0 Å². The van der Waals surface area contributed by atoms with Gasteiger partial charge in [0.25, 0.3) is 5.91 Å². The van der Waals surface area contributed by atoms with E-state index < -0.39 is 0 Å². The average molecular weight is 318 g/mol. The highest BCUT2D eigenvalue weighted by Crippen LogP contribution is 2.40. The molecular formula is C19H14N2OS. The molecule has 23 heavy (non-hydrogen) atoms. The van der Waals surface area contributed by atoms with Gasteiger partial charge in [-0.3, -0.25) is 9.78 Å². The third-order valence-electron chi connectivity index (χ3n) is 3.87. The normalized spacial score (nSPS) is 14.8. The molecule has 1 N–H and O–H groups in total. The van der Waals surface area contributed by atoms with Crippen LogP contribution in [0.2, 0.25) is 0 Å². The van der Waals surface area contributed by atoms with Gasteiger partial charge in [-0.2, -0.15) is 0 Å². The number of rotatable bonds is 2. The molecule has 2 aromatic heterocycles. The van der Waals surface area contributed by atoms with Crippen molar-refractivity contribution in [2.24, 2.45) is 0 Å². The van der Waals surface area contributed by atoms with Gasteiger partial charge >= 0.3 is 0 Å². The van der Waals surface area contributed by atoms with E-state index in [9.17, 15) is 4.79 Å². The van der Waals surface area contributed by atoms with Crippen LogP contribution in [0.15, 0.2) is 54.9 Å². The second kappa shape index (κ2) is 5.48. The van der Waals surface area contributed by atoms with E-state index in [1.807, 2.05) is 42.5 Å². The standard InChI is InChI=1S/C19H14N2OS/c1-12-5-6-14(23-12)11-16-18-15(13-7-9-20-10-8-13)3-2-4-17(18)21-19(16)22/h2-11H,1H3,(H,21,22)/b16-11-. The number of aryl methyl sites for hydroxylation is 1. The second-order valence-electron chi connectivity index (χ2n) is 5.42. The maximum Gasteiger partial charge on any atom is 0.256 e. The summed E-state index contributed by atoms with van der Waals surface area (Å²) in [6.07, 6.45) is 5.51. The maximum absolute atomic E-state index is 12.4. The summed E-state index contributed by atoms with van der Waals surface area (Å²) >= 11 is 1.69. The first-order valence-corrected chi connectivity index (χ1v) is 8.17. The molecule has 4 heteroatoms. The number of carbonyl (C=O) groups excluding carboxylic acids is 1. The van der Waals surface area contributed by atoms with E-state index in [-0.39, 0.29) is 5.91 Å². The number of pyridine rings is 1. The largest absolute Gasteiger partial charge is 0.321 e. The number of anilines is 1. The van der Waals surface area contributed by atoms with Crippen molar-refractivity contribution < 1.29 is 4.79 Å².